The predicted molar refractivity (Wildman–Crippen MR) is 116 cm³/mol. The summed E-state index contributed by atoms with van der Waals surface area (Å²) in [4.78, 5) is 19.0. The van der Waals surface area contributed by atoms with Gasteiger partial charge in [0.1, 0.15) is 5.52 Å². The van der Waals surface area contributed by atoms with Crippen LogP contribution in [-0.4, -0.2) is 41.1 Å². The van der Waals surface area contributed by atoms with Crippen molar-refractivity contribution in [3.05, 3.63) is 51.9 Å². The Kier molecular flexibility index (Phi) is 5.68. The molecule has 1 saturated heterocycles. The Morgan fingerprint density at radius 2 is 1.91 bits per heavy atom. The smallest absolute Gasteiger partial charge is 0.399 e. The van der Waals surface area contributed by atoms with Crippen molar-refractivity contribution in [1.82, 2.24) is 14.8 Å². The molecular formula is C21H23F3N6O2. The minimum absolute atomic E-state index is 0.0121. The molecular weight excluding hydrogens is 425 g/mol. The molecule has 1 aliphatic rings. The number of morpholine rings is 1. The molecule has 2 aromatic heterocycles. The van der Waals surface area contributed by atoms with E-state index in [4.69, 9.17) is 10.5 Å². The van der Waals surface area contributed by atoms with Gasteiger partial charge in [0.15, 0.2) is 5.82 Å². The third-order valence-corrected chi connectivity index (χ3v) is 5.41. The Morgan fingerprint density at radius 3 is 2.59 bits per heavy atom. The number of anilines is 3. The van der Waals surface area contributed by atoms with E-state index in [0.717, 1.165) is 22.5 Å². The highest BCUT2D eigenvalue weighted by Gasteiger charge is 2.31. The van der Waals surface area contributed by atoms with Crippen LogP contribution in [0.2, 0.25) is 0 Å². The van der Waals surface area contributed by atoms with Crippen molar-refractivity contribution in [1.29, 1.82) is 0 Å². The number of pyridine rings is 1. The van der Waals surface area contributed by atoms with Crippen LogP contribution in [0.3, 0.4) is 0 Å². The molecule has 11 heteroatoms. The van der Waals surface area contributed by atoms with E-state index >= 15 is 0 Å². The molecule has 1 atom stereocenters. The summed E-state index contributed by atoms with van der Waals surface area (Å²) in [5.41, 5.74) is 5.91. The summed E-state index contributed by atoms with van der Waals surface area (Å²) in [6.45, 7) is 4.26. The highest BCUT2D eigenvalue weighted by molar-refractivity contribution is 5.90. The lowest BCUT2D eigenvalue weighted by molar-refractivity contribution is -0.137. The van der Waals surface area contributed by atoms with Crippen LogP contribution in [-0.2, 0) is 18.0 Å². The molecule has 0 radical (unpaired) electrons. The number of nitrogens with two attached hydrogens (primary N) is 1. The van der Waals surface area contributed by atoms with Crippen LogP contribution in [0.5, 0.6) is 0 Å². The molecule has 3 heterocycles. The van der Waals surface area contributed by atoms with Crippen LogP contribution in [0.15, 0.2) is 35.3 Å². The Morgan fingerprint density at radius 1 is 1.19 bits per heavy atom. The highest BCUT2D eigenvalue weighted by Crippen LogP contribution is 2.34. The summed E-state index contributed by atoms with van der Waals surface area (Å²) in [6.07, 6.45) is -2.88. The second kappa shape index (κ2) is 8.30. The molecule has 32 heavy (non-hydrogen) atoms. The van der Waals surface area contributed by atoms with Gasteiger partial charge in [-0.1, -0.05) is 0 Å². The minimum atomic E-state index is -4.51. The normalized spacial score (nSPS) is 15.7. The van der Waals surface area contributed by atoms with Crippen LogP contribution >= 0.6 is 0 Å². The number of nitrogens with zero attached hydrogens (tertiary/aromatic N) is 4. The van der Waals surface area contributed by atoms with Gasteiger partial charge in [-0.2, -0.15) is 18.3 Å². The first kappa shape index (κ1) is 21.9. The number of aryl methyl sites for hydroxylation is 1. The molecule has 170 valence electrons. The van der Waals surface area contributed by atoms with Crippen molar-refractivity contribution in [2.75, 3.05) is 42.3 Å². The first-order chi connectivity index (χ1) is 15.1. The maximum Gasteiger partial charge on any atom is 0.416 e. The third kappa shape index (κ3) is 4.33. The molecule has 0 amide bonds. The second-order valence-electron chi connectivity index (χ2n) is 7.72. The summed E-state index contributed by atoms with van der Waals surface area (Å²) >= 11 is 0. The molecule has 1 fully saturated rings. The van der Waals surface area contributed by atoms with E-state index in [1.165, 1.54) is 13.1 Å². The van der Waals surface area contributed by atoms with E-state index in [9.17, 15) is 18.0 Å². The van der Waals surface area contributed by atoms with Gasteiger partial charge in [0.25, 0.3) is 5.56 Å². The van der Waals surface area contributed by atoms with E-state index in [1.807, 2.05) is 6.07 Å². The molecule has 0 spiro atoms. The number of rotatable bonds is 4. The van der Waals surface area contributed by atoms with Crippen LogP contribution in [0.25, 0.3) is 10.9 Å². The first-order valence-electron chi connectivity index (χ1n) is 10.1. The largest absolute Gasteiger partial charge is 0.416 e. The molecule has 0 aliphatic carbocycles. The standard InChI is InChI=1S/C21H23F3N6O2/c1-12(13-7-14(21(22,23)24)9-15(25)8-13)27-19-17-10-16(30-3-5-32-6-4-30)11-26-18(17)20(31)29(2)28-19/h7-12H,3-6,25H2,1-2H3,(H,27,28)/t12-/m1/s1. The van der Waals surface area contributed by atoms with Gasteiger partial charge in [0.05, 0.1) is 42.1 Å². The van der Waals surface area contributed by atoms with Crippen molar-refractivity contribution in [2.24, 2.45) is 7.05 Å². The summed E-state index contributed by atoms with van der Waals surface area (Å²) in [5, 5.41) is 7.92. The zero-order valence-corrected chi connectivity index (χ0v) is 17.6. The SMILES string of the molecule is C[C@@H](Nc1nn(C)c(=O)c2ncc(N3CCOCC3)cc12)c1cc(N)cc(C(F)(F)F)c1. The van der Waals surface area contributed by atoms with Crippen molar-refractivity contribution < 1.29 is 17.9 Å². The highest BCUT2D eigenvalue weighted by atomic mass is 19.4. The number of hydrogen-bond acceptors (Lipinski definition) is 7. The van der Waals surface area contributed by atoms with E-state index in [2.05, 4.69) is 20.3 Å². The monoisotopic (exact) mass is 448 g/mol. The Bertz CT molecular complexity index is 1200. The molecule has 1 aliphatic heterocycles. The third-order valence-electron chi connectivity index (χ3n) is 5.41. The number of fused-ring (bicyclic) bond motifs is 1. The van der Waals surface area contributed by atoms with Crippen LogP contribution in [0.1, 0.15) is 24.1 Å². The summed E-state index contributed by atoms with van der Waals surface area (Å²) < 4.78 is 46.2. The van der Waals surface area contributed by atoms with E-state index in [0.29, 0.717) is 43.1 Å². The number of ether oxygens (including phenoxy) is 1. The van der Waals surface area contributed by atoms with Crippen LogP contribution in [0.4, 0.5) is 30.4 Å². The molecule has 0 saturated carbocycles. The predicted octanol–water partition coefficient (Wildman–Crippen LogP) is 2.94. The van der Waals surface area contributed by atoms with E-state index < -0.39 is 17.8 Å². The lowest BCUT2D eigenvalue weighted by Gasteiger charge is -2.28. The number of alkyl halides is 3. The fraction of sp³-hybridized carbons (Fsp3) is 0.381. The number of hydrogen-bond donors (Lipinski definition) is 2. The number of nitrogen functional groups attached to an aromatic ring is 1. The summed E-state index contributed by atoms with van der Waals surface area (Å²) in [7, 11) is 1.50. The van der Waals surface area contributed by atoms with Gasteiger partial charge in [0.2, 0.25) is 0 Å². The summed E-state index contributed by atoms with van der Waals surface area (Å²) in [6, 6.07) is 4.68. The molecule has 4 rings (SSSR count). The number of nitrogens with one attached hydrogen (secondary N) is 1. The Balaban J connectivity index is 1.74. The number of halogens is 3. The van der Waals surface area contributed by atoms with Gasteiger partial charge in [-0.3, -0.25) is 4.79 Å². The average Bonchev–Trinajstić information content (AvgIpc) is 2.76. The molecule has 3 N–H and O–H groups in total. The average molecular weight is 448 g/mol. The molecule has 1 aromatic carbocycles. The lowest BCUT2D eigenvalue weighted by Crippen LogP contribution is -2.36. The van der Waals surface area contributed by atoms with Crippen molar-refractivity contribution >= 4 is 28.1 Å². The lowest BCUT2D eigenvalue weighted by atomic mass is 10.0. The quantitative estimate of drug-likeness (QED) is 0.592. The van der Waals surface area contributed by atoms with Crippen molar-refractivity contribution in [3.63, 3.8) is 0 Å². The maximum atomic E-state index is 13.2. The first-order valence-corrected chi connectivity index (χ1v) is 10.1. The fourth-order valence-corrected chi connectivity index (χ4v) is 3.69. The Labute approximate surface area is 181 Å². The van der Waals surface area contributed by atoms with Gasteiger partial charge >= 0.3 is 6.18 Å². The Hall–Kier alpha value is -3.34. The molecule has 0 unspecified atom stereocenters. The molecule has 0 bridgehead atoms. The minimum Gasteiger partial charge on any atom is -0.399 e. The van der Waals surface area contributed by atoms with Gasteiger partial charge < -0.3 is 20.7 Å². The van der Waals surface area contributed by atoms with Crippen LogP contribution < -0.4 is 21.5 Å². The van der Waals surface area contributed by atoms with Crippen molar-refractivity contribution in [3.8, 4) is 0 Å². The van der Waals surface area contributed by atoms with E-state index in [-0.39, 0.29) is 16.8 Å². The van der Waals surface area contributed by atoms with Crippen molar-refractivity contribution in [2.45, 2.75) is 19.1 Å². The zero-order valence-electron chi connectivity index (χ0n) is 17.6. The van der Waals surface area contributed by atoms with Crippen LogP contribution in [0, 0.1) is 0 Å². The van der Waals surface area contributed by atoms with Gasteiger partial charge in [0, 0.05) is 25.8 Å². The van der Waals surface area contributed by atoms with Gasteiger partial charge in [-0.25, -0.2) is 9.67 Å². The number of benzene rings is 1. The molecule has 3 aromatic rings. The number of aromatic nitrogens is 3. The van der Waals surface area contributed by atoms with E-state index in [1.54, 1.807) is 13.1 Å². The summed E-state index contributed by atoms with van der Waals surface area (Å²) in [5.74, 6) is 0.341. The maximum absolute atomic E-state index is 13.2. The zero-order chi connectivity index (χ0) is 23.0. The fourth-order valence-electron chi connectivity index (χ4n) is 3.69. The van der Waals surface area contributed by atoms with Gasteiger partial charge in [-0.05, 0) is 36.8 Å². The second-order valence-corrected chi connectivity index (χ2v) is 7.72. The molecule has 8 nitrogen and oxygen atoms in total. The topological polar surface area (TPSA) is 98.3 Å². The van der Waals surface area contributed by atoms with Gasteiger partial charge in [-0.15, -0.1) is 0 Å².